The smallest absolute Gasteiger partial charge is 0.231 e. The van der Waals surface area contributed by atoms with Gasteiger partial charge >= 0.3 is 0 Å². The lowest BCUT2D eigenvalue weighted by Gasteiger charge is -2.35. The van der Waals surface area contributed by atoms with Gasteiger partial charge in [-0.1, -0.05) is 0 Å². The molecule has 3 aliphatic heterocycles. The van der Waals surface area contributed by atoms with Crippen molar-refractivity contribution in [2.45, 2.75) is 56.8 Å². The number of hydrogen-bond acceptors (Lipinski definition) is 8. The van der Waals surface area contributed by atoms with Gasteiger partial charge < -0.3 is 34.1 Å². The first-order chi connectivity index (χ1) is 14.1. The molecule has 3 aliphatic rings. The summed E-state index contributed by atoms with van der Waals surface area (Å²) >= 11 is 0. The highest BCUT2D eigenvalue weighted by atomic mass is 16.7. The quantitative estimate of drug-likeness (QED) is 0.757. The maximum absolute atomic E-state index is 13.0. The number of rotatable bonds is 4. The summed E-state index contributed by atoms with van der Waals surface area (Å²) < 4.78 is 27.9. The zero-order chi connectivity index (χ0) is 20.4. The van der Waals surface area contributed by atoms with Crippen molar-refractivity contribution >= 4 is 11.7 Å². The van der Waals surface area contributed by atoms with Crippen LogP contribution in [-0.4, -0.2) is 61.9 Å². The first kappa shape index (κ1) is 20.1. The van der Waals surface area contributed by atoms with Crippen LogP contribution in [0.1, 0.15) is 41.6 Å². The number of carbonyl (C=O) groups excluding carboxylic acids is 2. The number of ether oxygens (including phenoxy) is 5. The number of ketones is 1. The second kappa shape index (κ2) is 8.66. The van der Waals surface area contributed by atoms with E-state index in [1.54, 1.807) is 19.2 Å². The van der Waals surface area contributed by atoms with Crippen LogP contribution in [0.2, 0.25) is 0 Å². The number of aliphatic hydroxyl groups is 1. The van der Waals surface area contributed by atoms with Gasteiger partial charge in [0.15, 0.2) is 23.6 Å². The predicted molar refractivity (Wildman–Crippen MR) is 98.6 cm³/mol. The fourth-order valence-electron chi connectivity index (χ4n) is 3.89. The van der Waals surface area contributed by atoms with Crippen LogP contribution in [0.5, 0.6) is 11.5 Å². The summed E-state index contributed by atoms with van der Waals surface area (Å²) in [6.07, 6.45) is -0.735. The minimum Gasteiger partial charge on any atom is -0.454 e. The van der Waals surface area contributed by atoms with Gasteiger partial charge in [-0.25, -0.2) is 0 Å². The van der Waals surface area contributed by atoms with E-state index < -0.39 is 18.5 Å². The van der Waals surface area contributed by atoms with Gasteiger partial charge in [0.25, 0.3) is 0 Å². The first-order valence-corrected chi connectivity index (χ1v) is 9.72. The van der Waals surface area contributed by atoms with Crippen molar-refractivity contribution in [3.63, 3.8) is 0 Å². The van der Waals surface area contributed by atoms with Gasteiger partial charge in [-0.05, 0) is 17.7 Å². The molecule has 1 amide bonds. The zero-order valence-electron chi connectivity index (χ0n) is 16.2. The van der Waals surface area contributed by atoms with E-state index in [-0.39, 0.29) is 50.6 Å². The molecule has 0 aliphatic carbocycles. The molecule has 4 rings (SSSR count). The fraction of sp³-hybridized carbons (Fsp3) is 0.600. The maximum Gasteiger partial charge on any atom is 0.231 e. The number of aliphatic hydroxyl groups excluding tert-OH is 1. The number of amides is 1. The average molecular weight is 407 g/mol. The summed E-state index contributed by atoms with van der Waals surface area (Å²) in [5, 5.41) is 12.3. The van der Waals surface area contributed by atoms with Gasteiger partial charge in [-0.3, -0.25) is 9.59 Å². The summed E-state index contributed by atoms with van der Waals surface area (Å²) in [7, 11) is 1.60. The Morgan fingerprint density at radius 2 is 1.93 bits per heavy atom. The maximum atomic E-state index is 13.0. The van der Waals surface area contributed by atoms with Gasteiger partial charge in [-0.15, -0.1) is 0 Å². The molecule has 2 N–H and O–H groups in total. The van der Waals surface area contributed by atoms with Crippen molar-refractivity contribution in [1.29, 1.82) is 0 Å². The molecule has 0 saturated carbocycles. The lowest BCUT2D eigenvalue weighted by Crippen LogP contribution is -2.42. The van der Waals surface area contributed by atoms with E-state index in [0.717, 1.165) is 0 Å². The Hall–Kier alpha value is -2.20. The van der Waals surface area contributed by atoms with Gasteiger partial charge in [0.2, 0.25) is 12.7 Å². The number of carbonyl (C=O) groups is 2. The summed E-state index contributed by atoms with van der Waals surface area (Å²) in [4.78, 5) is 25.4. The van der Waals surface area contributed by atoms with Crippen molar-refractivity contribution < 1.29 is 38.4 Å². The highest BCUT2D eigenvalue weighted by molar-refractivity contribution is 5.99. The van der Waals surface area contributed by atoms with Crippen molar-refractivity contribution in [2.75, 3.05) is 20.5 Å². The number of benzene rings is 1. The first-order valence-electron chi connectivity index (χ1n) is 9.72. The third kappa shape index (κ3) is 4.53. The minimum absolute atomic E-state index is 0.0291. The van der Waals surface area contributed by atoms with Gasteiger partial charge in [-0.2, -0.15) is 0 Å². The lowest BCUT2D eigenvalue weighted by molar-refractivity contribution is -0.240. The fourth-order valence-corrected chi connectivity index (χ4v) is 3.89. The normalized spacial score (nSPS) is 29.4. The van der Waals surface area contributed by atoms with Crippen molar-refractivity contribution in [3.8, 4) is 11.5 Å². The Labute approximate surface area is 168 Å². The Kier molecular flexibility index (Phi) is 6.00. The molecule has 4 unspecified atom stereocenters. The largest absolute Gasteiger partial charge is 0.454 e. The predicted octanol–water partition coefficient (Wildman–Crippen LogP) is 0.906. The van der Waals surface area contributed by atoms with Crippen LogP contribution >= 0.6 is 0 Å². The van der Waals surface area contributed by atoms with Gasteiger partial charge in [0.1, 0.15) is 0 Å². The third-order valence-electron chi connectivity index (χ3n) is 5.41. The van der Waals surface area contributed by atoms with E-state index in [9.17, 15) is 14.7 Å². The molecule has 158 valence electrons. The number of methoxy groups -OCH3 is 1. The van der Waals surface area contributed by atoms with E-state index in [1.807, 2.05) is 0 Å². The average Bonchev–Trinajstić information content (AvgIpc) is 3.19. The zero-order valence-corrected chi connectivity index (χ0v) is 16.2. The number of hydrogen-bond donors (Lipinski definition) is 2. The molecule has 29 heavy (non-hydrogen) atoms. The van der Waals surface area contributed by atoms with Gasteiger partial charge in [0.05, 0.1) is 31.3 Å². The lowest BCUT2D eigenvalue weighted by atomic mass is 9.98. The monoisotopic (exact) mass is 407 g/mol. The molecule has 1 fully saturated rings. The van der Waals surface area contributed by atoms with Crippen molar-refractivity contribution in [1.82, 2.24) is 5.32 Å². The molecular weight excluding hydrogens is 382 g/mol. The summed E-state index contributed by atoms with van der Waals surface area (Å²) in [6.45, 7) is 0.183. The molecule has 3 heterocycles. The van der Waals surface area contributed by atoms with Crippen LogP contribution in [0.25, 0.3) is 0 Å². The molecule has 0 radical (unpaired) electrons. The minimum atomic E-state index is -0.659. The van der Waals surface area contributed by atoms with E-state index in [0.29, 0.717) is 35.5 Å². The summed E-state index contributed by atoms with van der Waals surface area (Å²) in [5.74, 6) is 0.724. The van der Waals surface area contributed by atoms with Crippen LogP contribution in [-0.2, 0) is 25.5 Å². The Bertz CT molecular complexity index is 770. The van der Waals surface area contributed by atoms with Crippen LogP contribution in [0.4, 0.5) is 0 Å². The number of Topliss-reactive ketones (excluding diaryl/α,β-unsaturated/α-hetero) is 1. The number of nitrogens with one attached hydrogen (secondary N) is 1. The molecular formula is C20H25NO8. The molecule has 0 spiro atoms. The third-order valence-corrected chi connectivity index (χ3v) is 5.41. The SMILES string of the molecule is COC1CC(CO)OC(OC2CC(=O)NCc3cc4c(cc3C(=O)C2)OCO4)C1. The highest BCUT2D eigenvalue weighted by Crippen LogP contribution is 2.36. The van der Waals surface area contributed by atoms with E-state index in [4.69, 9.17) is 23.7 Å². The van der Waals surface area contributed by atoms with E-state index in [1.165, 1.54) is 0 Å². The van der Waals surface area contributed by atoms with Gasteiger partial charge in [0, 0.05) is 38.5 Å². The van der Waals surface area contributed by atoms with Crippen LogP contribution in [0.15, 0.2) is 12.1 Å². The standard InChI is InChI=1S/C20H25NO8/c1-25-12-3-14(9-22)29-20(6-12)28-13-4-16(23)15-7-18-17(26-10-27-18)2-11(15)8-21-19(24)5-13/h2,7,12-14,20,22H,3-6,8-10H2,1H3,(H,21,24). The summed E-state index contributed by atoms with van der Waals surface area (Å²) in [5.41, 5.74) is 1.17. The molecule has 9 nitrogen and oxygen atoms in total. The Morgan fingerprint density at radius 3 is 2.69 bits per heavy atom. The van der Waals surface area contributed by atoms with E-state index >= 15 is 0 Å². The van der Waals surface area contributed by atoms with Crippen LogP contribution in [0.3, 0.4) is 0 Å². The molecule has 0 aromatic heterocycles. The molecule has 9 heteroatoms. The van der Waals surface area contributed by atoms with Crippen LogP contribution < -0.4 is 14.8 Å². The van der Waals surface area contributed by atoms with E-state index in [2.05, 4.69) is 5.32 Å². The van der Waals surface area contributed by atoms with Crippen LogP contribution in [0, 0.1) is 0 Å². The summed E-state index contributed by atoms with van der Waals surface area (Å²) in [6, 6.07) is 3.39. The Morgan fingerprint density at radius 1 is 1.14 bits per heavy atom. The molecule has 4 atom stereocenters. The second-order valence-corrected chi connectivity index (χ2v) is 7.43. The molecule has 1 aromatic carbocycles. The number of fused-ring (bicyclic) bond motifs is 2. The topological polar surface area (TPSA) is 113 Å². The molecule has 1 saturated heterocycles. The second-order valence-electron chi connectivity index (χ2n) is 7.43. The molecule has 1 aromatic rings. The van der Waals surface area contributed by atoms with Crippen molar-refractivity contribution in [3.05, 3.63) is 23.3 Å². The highest BCUT2D eigenvalue weighted by Gasteiger charge is 2.33. The van der Waals surface area contributed by atoms with Crippen molar-refractivity contribution in [2.24, 2.45) is 0 Å². The Balaban J connectivity index is 1.52. The molecule has 0 bridgehead atoms.